The van der Waals surface area contributed by atoms with Gasteiger partial charge in [-0.3, -0.25) is 20.4 Å². The molecular weight excluding hydrogens is 260 g/mol. The highest BCUT2D eigenvalue weighted by Crippen LogP contribution is 2.17. The second-order valence-corrected chi connectivity index (χ2v) is 4.09. The Balaban J connectivity index is 2.60. The lowest BCUT2D eigenvalue weighted by atomic mass is 10.2. The molecule has 0 saturated heterocycles. The number of ether oxygens (including phenoxy) is 2. The van der Waals surface area contributed by atoms with Crippen molar-refractivity contribution in [1.82, 2.24) is 10.9 Å². The molecular formula is C14H20N2O4. The molecule has 0 aromatic heterocycles. The fraction of sp³-hybridized carbons (Fsp3) is 0.429. The van der Waals surface area contributed by atoms with E-state index in [2.05, 4.69) is 10.9 Å². The highest BCUT2D eigenvalue weighted by Gasteiger charge is 2.12. The number of para-hydroxylation sites is 1. The zero-order chi connectivity index (χ0) is 14.8. The standard InChI is InChI=1S/C14H20N2O4/c1-3-6-13(17)15-16-14(18)11-7-4-5-8-12(11)20-10-9-19-2/h4-5,7-8H,3,6,9-10H2,1-2H3,(H,15,17)(H,16,18). The lowest BCUT2D eigenvalue weighted by molar-refractivity contribution is -0.121. The van der Waals surface area contributed by atoms with Gasteiger partial charge in [0.05, 0.1) is 12.2 Å². The summed E-state index contributed by atoms with van der Waals surface area (Å²) in [6, 6.07) is 6.82. The Morgan fingerprint density at radius 2 is 1.90 bits per heavy atom. The fourth-order valence-corrected chi connectivity index (χ4v) is 1.50. The summed E-state index contributed by atoms with van der Waals surface area (Å²) >= 11 is 0. The molecule has 0 aliphatic heterocycles. The maximum atomic E-state index is 12.0. The van der Waals surface area contributed by atoms with Gasteiger partial charge in [-0.05, 0) is 18.6 Å². The van der Waals surface area contributed by atoms with Crippen molar-refractivity contribution < 1.29 is 19.1 Å². The molecule has 1 aromatic carbocycles. The zero-order valence-electron chi connectivity index (χ0n) is 11.8. The van der Waals surface area contributed by atoms with E-state index in [1.54, 1.807) is 31.4 Å². The van der Waals surface area contributed by atoms with Crippen LogP contribution in [0.3, 0.4) is 0 Å². The number of amides is 2. The predicted molar refractivity (Wildman–Crippen MR) is 74.3 cm³/mol. The Morgan fingerprint density at radius 1 is 1.15 bits per heavy atom. The van der Waals surface area contributed by atoms with Gasteiger partial charge in [0.25, 0.3) is 5.91 Å². The van der Waals surface area contributed by atoms with Crippen molar-refractivity contribution >= 4 is 11.8 Å². The van der Waals surface area contributed by atoms with Crippen molar-refractivity contribution in [3.05, 3.63) is 29.8 Å². The van der Waals surface area contributed by atoms with Gasteiger partial charge in [0.1, 0.15) is 12.4 Å². The van der Waals surface area contributed by atoms with E-state index in [4.69, 9.17) is 9.47 Å². The smallest absolute Gasteiger partial charge is 0.273 e. The molecule has 6 nitrogen and oxygen atoms in total. The lowest BCUT2D eigenvalue weighted by Gasteiger charge is -2.11. The van der Waals surface area contributed by atoms with E-state index in [0.717, 1.165) is 6.42 Å². The monoisotopic (exact) mass is 280 g/mol. The topological polar surface area (TPSA) is 76.7 Å². The maximum absolute atomic E-state index is 12.0. The highest BCUT2D eigenvalue weighted by molar-refractivity contribution is 5.97. The summed E-state index contributed by atoms with van der Waals surface area (Å²) < 4.78 is 10.3. The first-order valence-electron chi connectivity index (χ1n) is 6.49. The third-order valence-electron chi connectivity index (χ3n) is 2.47. The quantitative estimate of drug-likeness (QED) is 0.582. The molecule has 0 fully saturated rings. The van der Waals surface area contributed by atoms with Crippen LogP contribution in [0.1, 0.15) is 30.1 Å². The maximum Gasteiger partial charge on any atom is 0.273 e. The minimum atomic E-state index is -0.414. The van der Waals surface area contributed by atoms with E-state index in [9.17, 15) is 9.59 Å². The van der Waals surface area contributed by atoms with Crippen molar-refractivity contribution in [2.75, 3.05) is 20.3 Å². The number of hydrazine groups is 1. The summed E-state index contributed by atoms with van der Waals surface area (Å²) in [5.74, 6) is -0.187. The Labute approximate surface area is 118 Å². The third-order valence-corrected chi connectivity index (χ3v) is 2.47. The van der Waals surface area contributed by atoms with Gasteiger partial charge in [-0.15, -0.1) is 0 Å². The number of hydrogen-bond donors (Lipinski definition) is 2. The predicted octanol–water partition coefficient (Wildman–Crippen LogP) is 1.27. The van der Waals surface area contributed by atoms with Crippen LogP contribution in [-0.4, -0.2) is 32.1 Å². The van der Waals surface area contributed by atoms with Gasteiger partial charge >= 0.3 is 0 Å². The van der Waals surface area contributed by atoms with Crippen LogP contribution < -0.4 is 15.6 Å². The average Bonchev–Trinajstić information content (AvgIpc) is 2.46. The summed E-state index contributed by atoms with van der Waals surface area (Å²) in [5.41, 5.74) is 5.08. The van der Waals surface area contributed by atoms with Crippen molar-refractivity contribution in [2.24, 2.45) is 0 Å². The van der Waals surface area contributed by atoms with Crippen molar-refractivity contribution in [2.45, 2.75) is 19.8 Å². The van der Waals surface area contributed by atoms with Crippen LogP contribution in [0, 0.1) is 0 Å². The van der Waals surface area contributed by atoms with E-state index >= 15 is 0 Å². The first-order valence-corrected chi connectivity index (χ1v) is 6.49. The molecule has 2 amide bonds. The molecule has 110 valence electrons. The summed E-state index contributed by atoms with van der Waals surface area (Å²) in [7, 11) is 1.57. The zero-order valence-corrected chi connectivity index (χ0v) is 11.8. The van der Waals surface area contributed by atoms with Gasteiger partial charge in [0, 0.05) is 13.5 Å². The Kier molecular flexibility index (Phi) is 7.13. The molecule has 1 rings (SSSR count). The van der Waals surface area contributed by atoms with E-state index in [1.165, 1.54) is 0 Å². The summed E-state index contributed by atoms with van der Waals surface area (Å²) in [4.78, 5) is 23.3. The van der Waals surface area contributed by atoms with Crippen molar-refractivity contribution in [3.8, 4) is 5.75 Å². The Bertz CT molecular complexity index is 449. The number of benzene rings is 1. The molecule has 0 unspecified atom stereocenters. The first-order chi connectivity index (χ1) is 9.69. The number of carbonyl (C=O) groups excluding carboxylic acids is 2. The molecule has 0 heterocycles. The van der Waals surface area contributed by atoms with Gasteiger partial charge in [-0.2, -0.15) is 0 Å². The minimum absolute atomic E-state index is 0.223. The van der Waals surface area contributed by atoms with Crippen LogP contribution >= 0.6 is 0 Å². The van der Waals surface area contributed by atoms with Crippen LogP contribution in [0.5, 0.6) is 5.75 Å². The molecule has 0 aliphatic rings. The second kappa shape index (κ2) is 8.92. The van der Waals surface area contributed by atoms with Crippen LogP contribution in [0.4, 0.5) is 0 Å². The van der Waals surface area contributed by atoms with Crippen LogP contribution in [0.15, 0.2) is 24.3 Å². The molecule has 0 atom stereocenters. The van der Waals surface area contributed by atoms with Crippen LogP contribution in [0.25, 0.3) is 0 Å². The second-order valence-electron chi connectivity index (χ2n) is 4.09. The molecule has 0 saturated carbocycles. The molecule has 0 bridgehead atoms. The molecule has 20 heavy (non-hydrogen) atoms. The molecule has 2 N–H and O–H groups in total. The third kappa shape index (κ3) is 5.27. The first kappa shape index (κ1) is 16.0. The Morgan fingerprint density at radius 3 is 2.60 bits per heavy atom. The summed E-state index contributed by atoms with van der Waals surface area (Å²) in [6.07, 6.45) is 1.09. The summed E-state index contributed by atoms with van der Waals surface area (Å²) in [6.45, 7) is 2.67. The lowest BCUT2D eigenvalue weighted by Crippen LogP contribution is -2.41. The van der Waals surface area contributed by atoms with Crippen molar-refractivity contribution in [3.63, 3.8) is 0 Å². The Hall–Kier alpha value is -2.08. The van der Waals surface area contributed by atoms with E-state index in [0.29, 0.717) is 30.9 Å². The normalized spacial score (nSPS) is 9.90. The van der Waals surface area contributed by atoms with E-state index in [-0.39, 0.29) is 5.91 Å². The van der Waals surface area contributed by atoms with E-state index in [1.807, 2.05) is 6.92 Å². The number of nitrogens with one attached hydrogen (secondary N) is 2. The molecule has 1 aromatic rings. The average molecular weight is 280 g/mol. The van der Waals surface area contributed by atoms with Gasteiger partial charge in [0.2, 0.25) is 5.91 Å². The number of hydrogen-bond acceptors (Lipinski definition) is 4. The fourth-order valence-electron chi connectivity index (χ4n) is 1.50. The molecule has 6 heteroatoms. The SMILES string of the molecule is CCCC(=O)NNC(=O)c1ccccc1OCCOC. The molecule has 0 spiro atoms. The van der Waals surface area contributed by atoms with Gasteiger partial charge in [-0.1, -0.05) is 19.1 Å². The van der Waals surface area contributed by atoms with E-state index < -0.39 is 5.91 Å². The van der Waals surface area contributed by atoms with Crippen LogP contribution in [-0.2, 0) is 9.53 Å². The van der Waals surface area contributed by atoms with Gasteiger partial charge < -0.3 is 9.47 Å². The molecule has 0 aliphatic carbocycles. The minimum Gasteiger partial charge on any atom is -0.490 e. The summed E-state index contributed by atoms with van der Waals surface area (Å²) in [5, 5.41) is 0. The highest BCUT2D eigenvalue weighted by atomic mass is 16.5. The van der Waals surface area contributed by atoms with Crippen LogP contribution in [0.2, 0.25) is 0 Å². The number of methoxy groups -OCH3 is 1. The molecule has 0 radical (unpaired) electrons. The largest absolute Gasteiger partial charge is 0.490 e. The number of carbonyl (C=O) groups is 2. The number of rotatable bonds is 7. The van der Waals surface area contributed by atoms with Gasteiger partial charge in [-0.25, -0.2) is 0 Å². The van der Waals surface area contributed by atoms with Crippen molar-refractivity contribution in [1.29, 1.82) is 0 Å². The van der Waals surface area contributed by atoms with Gasteiger partial charge in [0.15, 0.2) is 0 Å².